The maximum atomic E-state index is 11.6. The van der Waals surface area contributed by atoms with Crippen LogP contribution in [0.4, 0.5) is 4.79 Å². The summed E-state index contributed by atoms with van der Waals surface area (Å²) in [7, 11) is 1.70. The Balaban J connectivity index is 4.58. The Morgan fingerprint density at radius 3 is 2.07 bits per heavy atom. The molecule has 2 amide bonds. The highest BCUT2D eigenvalue weighted by atomic mass is 16.2. The minimum atomic E-state index is -0.431. The molecule has 4 heteroatoms. The molecule has 0 fully saturated rings. The second-order valence-corrected chi connectivity index (χ2v) is 4.87. The molecule has 0 aliphatic heterocycles. The molecule has 0 rings (SSSR count). The molecule has 1 N–H and O–H groups in total. The van der Waals surface area contributed by atoms with Gasteiger partial charge in [0, 0.05) is 13.6 Å². The Morgan fingerprint density at radius 2 is 1.80 bits per heavy atom. The maximum absolute atomic E-state index is 11.6. The fraction of sp³-hybridized carbons (Fsp3) is 0.818. The molecule has 0 saturated heterocycles. The number of Topliss-reactive ketones (excluding diaryl/α,β-unsaturated/α-hetero) is 1. The molecule has 1 atom stereocenters. The Bertz CT molecular complexity index is 243. The molecule has 0 aliphatic carbocycles. The highest BCUT2D eigenvalue weighted by Gasteiger charge is 2.30. The van der Waals surface area contributed by atoms with Crippen molar-refractivity contribution in [3.8, 4) is 0 Å². The van der Waals surface area contributed by atoms with Crippen LogP contribution in [0.1, 0.15) is 34.6 Å². The van der Waals surface area contributed by atoms with Gasteiger partial charge in [0.1, 0.15) is 0 Å². The summed E-state index contributed by atoms with van der Waals surface area (Å²) in [6, 6.07) is -0.633. The quantitative estimate of drug-likeness (QED) is 0.776. The second kappa shape index (κ2) is 5.14. The van der Waals surface area contributed by atoms with Crippen LogP contribution in [0.5, 0.6) is 0 Å². The van der Waals surface area contributed by atoms with E-state index in [0.717, 1.165) is 0 Å². The van der Waals surface area contributed by atoms with Gasteiger partial charge in [-0.3, -0.25) is 4.79 Å². The zero-order valence-electron chi connectivity index (χ0n) is 10.5. The molecular weight excluding hydrogens is 192 g/mol. The van der Waals surface area contributed by atoms with Crippen molar-refractivity contribution in [3.63, 3.8) is 0 Å². The van der Waals surface area contributed by atoms with Gasteiger partial charge in [0.05, 0.1) is 6.04 Å². The highest BCUT2D eigenvalue weighted by molar-refractivity contribution is 5.87. The van der Waals surface area contributed by atoms with Crippen LogP contribution in [0.25, 0.3) is 0 Å². The summed E-state index contributed by atoms with van der Waals surface area (Å²) >= 11 is 0. The first-order valence-electron chi connectivity index (χ1n) is 5.22. The van der Waals surface area contributed by atoms with E-state index in [4.69, 9.17) is 0 Å². The van der Waals surface area contributed by atoms with Gasteiger partial charge in [-0.25, -0.2) is 4.79 Å². The van der Waals surface area contributed by atoms with Gasteiger partial charge in [-0.2, -0.15) is 0 Å². The van der Waals surface area contributed by atoms with Crippen molar-refractivity contribution in [2.24, 2.45) is 5.41 Å². The summed E-state index contributed by atoms with van der Waals surface area (Å²) in [5, 5.41) is 2.74. The van der Waals surface area contributed by atoms with E-state index in [1.807, 2.05) is 27.7 Å². The molecular formula is C11H22N2O2. The van der Waals surface area contributed by atoms with E-state index in [1.165, 1.54) is 6.92 Å². The lowest BCUT2D eigenvalue weighted by molar-refractivity contribution is -0.121. The molecule has 0 aliphatic rings. The van der Waals surface area contributed by atoms with Crippen LogP contribution in [-0.4, -0.2) is 36.3 Å². The van der Waals surface area contributed by atoms with Crippen molar-refractivity contribution in [2.45, 2.75) is 40.7 Å². The lowest BCUT2D eigenvalue weighted by Gasteiger charge is -2.30. The average molecular weight is 214 g/mol. The van der Waals surface area contributed by atoms with Crippen LogP contribution in [-0.2, 0) is 4.79 Å². The number of urea groups is 1. The molecule has 0 aromatic heterocycles. The molecule has 0 aromatic rings. The van der Waals surface area contributed by atoms with E-state index in [2.05, 4.69) is 5.32 Å². The third-order valence-corrected chi connectivity index (χ3v) is 2.36. The molecule has 0 radical (unpaired) electrons. The molecule has 0 aromatic carbocycles. The Labute approximate surface area is 92.0 Å². The van der Waals surface area contributed by atoms with Crippen molar-refractivity contribution in [1.29, 1.82) is 0 Å². The zero-order valence-corrected chi connectivity index (χ0v) is 10.5. The van der Waals surface area contributed by atoms with Crippen LogP contribution in [0.3, 0.4) is 0 Å². The average Bonchev–Trinajstić information content (AvgIpc) is 2.09. The first-order valence-corrected chi connectivity index (χ1v) is 5.22. The third kappa shape index (κ3) is 4.32. The fourth-order valence-corrected chi connectivity index (χ4v) is 1.31. The van der Waals surface area contributed by atoms with Crippen molar-refractivity contribution in [3.05, 3.63) is 0 Å². The van der Waals surface area contributed by atoms with Gasteiger partial charge in [0.25, 0.3) is 0 Å². The van der Waals surface area contributed by atoms with Gasteiger partial charge in [-0.15, -0.1) is 0 Å². The predicted molar refractivity (Wildman–Crippen MR) is 60.8 cm³/mol. The first kappa shape index (κ1) is 13.9. The largest absolute Gasteiger partial charge is 0.328 e. The molecule has 0 saturated carbocycles. The minimum absolute atomic E-state index is 0.0136. The van der Waals surface area contributed by atoms with Crippen molar-refractivity contribution in [2.75, 3.05) is 13.6 Å². The number of nitrogens with one attached hydrogen (secondary N) is 1. The van der Waals surface area contributed by atoms with Gasteiger partial charge in [-0.1, -0.05) is 20.8 Å². The number of ketones is 1. The molecule has 4 nitrogen and oxygen atoms in total. The van der Waals surface area contributed by atoms with E-state index in [1.54, 1.807) is 11.9 Å². The van der Waals surface area contributed by atoms with Crippen LogP contribution in [0, 0.1) is 5.41 Å². The summed E-state index contributed by atoms with van der Waals surface area (Å²) < 4.78 is 0. The van der Waals surface area contributed by atoms with Crippen LogP contribution in [0.15, 0.2) is 0 Å². The van der Waals surface area contributed by atoms with Crippen molar-refractivity contribution < 1.29 is 9.59 Å². The highest BCUT2D eigenvalue weighted by Crippen LogP contribution is 2.20. The van der Waals surface area contributed by atoms with Crippen LogP contribution >= 0.6 is 0 Å². The van der Waals surface area contributed by atoms with Gasteiger partial charge in [0.15, 0.2) is 5.78 Å². The smallest absolute Gasteiger partial charge is 0.317 e. The molecule has 1 unspecified atom stereocenters. The summed E-state index contributed by atoms with van der Waals surface area (Å²) in [4.78, 5) is 24.5. The van der Waals surface area contributed by atoms with E-state index in [0.29, 0.717) is 6.54 Å². The standard InChI is InChI=1S/C11H22N2O2/c1-7-13(6)10(15)12-9(8(2)14)11(3,4)5/h9H,7H2,1-6H3,(H,12,15). The summed E-state index contributed by atoms with van der Waals surface area (Å²) in [6.07, 6.45) is 0. The summed E-state index contributed by atoms with van der Waals surface area (Å²) in [5.74, 6) is -0.0136. The number of hydrogen-bond donors (Lipinski definition) is 1. The van der Waals surface area contributed by atoms with Gasteiger partial charge in [-0.05, 0) is 19.3 Å². The van der Waals surface area contributed by atoms with Gasteiger partial charge in [0.2, 0.25) is 0 Å². The molecule has 15 heavy (non-hydrogen) atoms. The van der Waals surface area contributed by atoms with Gasteiger partial charge < -0.3 is 10.2 Å². The maximum Gasteiger partial charge on any atom is 0.317 e. The Kier molecular flexibility index (Phi) is 4.78. The Morgan fingerprint density at radius 1 is 1.33 bits per heavy atom. The third-order valence-electron chi connectivity index (χ3n) is 2.36. The molecule has 0 bridgehead atoms. The minimum Gasteiger partial charge on any atom is -0.328 e. The van der Waals surface area contributed by atoms with E-state index in [-0.39, 0.29) is 17.2 Å². The van der Waals surface area contributed by atoms with Crippen LogP contribution < -0.4 is 5.32 Å². The number of nitrogens with zero attached hydrogens (tertiary/aromatic N) is 1. The monoisotopic (exact) mass is 214 g/mol. The second-order valence-electron chi connectivity index (χ2n) is 4.87. The molecule has 0 heterocycles. The number of carbonyl (C=O) groups excluding carboxylic acids is 2. The number of carbonyl (C=O) groups is 2. The van der Waals surface area contributed by atoms with E-state index < -0.39 is 6.04 Å². The van der Waals surface area contributed by atoms with E-state index >= 15 is 0 Å². The predicted octanol–water partition coefficient (Wildman–Crippen LogP) is 1.65. The lowest BCUT2D eigenvalue weighted by atomic mass is 9.84. The zero-order chi connectivity index (χ0) is 12.2. The normalized spacial score (nSPS) is 13.2. The first-order chi connectivity index (χ1) is 6.70. The lowest BCUT2D eigenvalue weighted by Crippen LogP contribution is -2.51. The van der Waals surface area contributed by atoms with Crippen molar-refractivity contribution >= 4 is 11.8 Å². The summed E-state index contributed by atoms with van der Waals surface area (Å²) in [6.45, 7) is 9.82. The number of hydrogen-bond acceptors (Lipinski definition) is 2. The SMILES string of the molecule is CCN(C)C(=O)NC(C(C)=O)C(C)(C)C. The fourth-order valence-electron chi connectivity index (χ4n) is 1.31. The summed E-state index contributed by atoms with van der Waals surface area (Å²) in [5.41, 5.74) is -0.254. The van der Waals surface area contributed by atoms with Crippen molar-refractivity contribution in [1.82, 2.24) is 10.2 Å². The van der Waals surface area contributed by atoms with E-state index in [9.17, 15) is 9.59 Å². The number of rotatable bonds is 3. The van der Waals surface area contributed by atoms with Gasteiger partial charge >= 0.3 is 6.03 Å². The Hall–Kier alpha value is -1.06. The topological polar surface area (TPSA) is 49.4 Å². The molecule has 0 spiro atoms. The molecule has 88 valence electrons. The number of amides is 2. The van der Waals surface area contributed by atoms with Crippen LogP contribution in [0.2, 0.25) is 0 Å².